The van der Waals surface area contributed by atoms with E-state index < -0.39 is 0 Å². The highest BCUT2D eigenvalue weighted by molar-refractivity contribution is 5.79. The van der Waals surface area contributed by atoms with Gasteiger partial charge in [-0.05, 0) is 32.7 Å². The highest BCUT2D eigenvalue weighted by Crippen LogP contribution is 2.18. The number of piperidine rings is 1. The van der Waals surface area contributed by atoms with Crippen molar-refractivity contribution in [2.45, 2.75) is 39.2 Å². The Morgan fingerprint density at radius 2 is 2.16 bits per heavy atom. The van der Waals surface area contributed by atoms with Gasteiger partial charge in [0.2, 0.25) is 0 Å². The van der Waals surface area contributed by atoms with Crippen LogP contribution in [-0.4, -0.2) is 58.1 Å². The fourth-order valence-corrected chi connectivity index (χ4v) is 3.22. The topological polar surface area (TPSA) is 41.4 Å². The van der Waals surface area contributed by atoms with E-state index in [0.29, 0.717) is 6.04 Å². The van der Waals surface area contributed by atoms with Crippen LogP contribution in [0.25, 0.3) is 5.57 Å². The minimum Gasteiger partial charge on any atom is -0.324 e. The minimum absolute atomic E-state index is 0.0258. The molecule has 1 aliphatic rings. The number of hydrogen-bond acceptors (Lipinski definition) is 3. The maximum absolute atomic E-state index is 12.8. The summed E-state index contributed by atoms with van der Waals surface area (Å²) in [5.41, 5.74) is 1.66. The maximum atomic E-state index is 12.8. The van der Waals surface area contributed by atoms with Gasteiger partial charge < -0.3 is 9.80 Å². The summed E-state index contributed by atoms with van der Waals surface area (Å²) in [5.74, 6) is 0. The van der Waals surface area contributed by atoms with Gasteiger partial charge >= 0.3 is 6.03 Å². The van der Waals surface area contributed by atoms with E-state index in [9.17, 15) is 4.79 Å². The summed E-state index contributed by atoms with van der Waals surface area (Å²) in [4.78, 5) is 21.5. The minimum atomic E-state index is -0.0258. The molecule has 0 spiro atoms. The van der Waals surface area contributed by atoms with Gasteiger partial charge in [0.25, 0.3) is 0 Å². The lowest BCUT2D eigenvalue weighted by Gasteiger charge is -2.36. The van der Waals surface area contributed by atoms with Gasteiger partial charge in [0.15, 0.2) is 0 Å². The Morgan fingerprint density at radius 3 is 2.76 bits per heavy atom. The molecular weight excluding hydrogens is 312 g/mol. The van der Waals surface area contributed by atoms with Crippen molar-refractivity contribution in [1.82, 2.24) is 19.4 Å². The second-order valence-electron chi connectivity index (χ2n) is 6.48. The summed E-state index contributed by atoms with van der Waals surface area (Å²) in [6.45, 7) is 11.3. The zero-order valence-electron chi connectivity index (χ0n) is 15.7. The third-order valence-electron chi connectivity index (χ3n) is 4.73. The van der Waals surface area contributed by atoms with Crippen LogP contribution in [0.2, 0.25) is 0 Å². The Kier molecular flexibility index (Phi) is 7.19. The van der Waals surface area contributed by atoms with E-state index >= 15 is 0 Å². The van der Waals surface area contributed by atoms with Crippen molar-refractivity contribution in [2.75, 3.05) is 26.7 Å². The molecule has 0 radical (unpaired) electrons. The molecule has 0 unspecified atom stereocenters. The first-order valence-electron chi connectivity index (χ1n) is 9.10. The van der Waals surface area contributed by atoms with Crippen molar-refractivity contribution >= 4 is 11.6 Å². The molecule has 0 atom stereocenters. The van der Waals surface area contributed by atoms with Crippen LogP contribution in [0.3, 0.4) is 0 Å². The Morgan fingerprint density at radius 1 is 1.44 bits per heavy atom. The molecule has 1 fully saturated rings. The fraction of sp³-hybridized carbons (Fsp3) is 0.500. The first-order valence-corrected chi connectivity index (χ1v) is 9.10. The molecule has 1 amide bonds. The van der Waals surface area contributed by atoms with Gasteiger partial charge in [-0.3, -0.25) is 4.57 Å². The molecule has 25 heavy (non-hydrogen) atoms. The van der Waals surface area contributed by atoms with Crippen molar-refractivity contribution < 1.29 is 4.79 Å². The summed E-state index contributed by atoms with van der Waals surface area (Å²) < 4.78 is 1.57. The van der Waals surface area contributed by atoms with Crippen LogP contribution in [0.5, 0.6) is 0 Å². The number of allylic oxidation sites excluding steroid dienone is 5. The van der Waals surface area contributed by atoms with Crippen LogP contribution in [0.4, 0.5) is 4.79 Å². The molecule has 0 saturated carbocycles. The predicted molar refractivity (Wildman–Crippen MR) is 104 cm³/mol. The standard InChI is InChI=1S/C20H30N4O/c1-5-8-9-17(7-3)19-15-24(16-21-19)20(25)22(4)18-10-13-23(12-6-2)14-11-18/h5,7-9,15-16,18H,3,6,10-14H2,1-2,4H3/b8-5-,17-9+. The predicted octanol–water partition coefficient (Wildman–Crippen LogP) is 3.80. The lowest BCUT2D eigenvalue weighted by molar-refractivity contribution is 0.135. The molecule has 1 aromatic heterocycles. The monoisotopic (exact) mass is 342 g/mol. The summed E-state index contributed by atoms with van der Waals surface area (Å²) >= 11 is 0. The first kappa shape index (κ1) is 19.2. The number of carbonyl (C=O) groups excluding carboxylic acids is 1. The lowest BCUT2D eigenvalue weighted by Crippen LogP contribution is -2.46. The molecule has 0 aliphatic carbocycles. The molecule has 0 aromatic carbocycles. The average Bonchev–Trinajstić information content (AvgIpc) is 3.12. The molecule has 1 aliphatic heterocycles. The van der Waals surface area contributed by atoms with Gasteiger partial charge in [0, 0.05) is 37.9 Å². The number of amides is 1. The van der Waals surface area contributed by atoms with Crippen molar-refractivity contribution in [3.8, 4) is 0 Å². The Hall–Kier alpha value is -2.14. The molecule has 5 heteroatoms. The van der Waals surface area contributed by atoms with Crippen LogP contribution in [0.1, 0.15) is 38.8 Å². The van der Waals surface area contributed by atoms with Crippen LogP contribution in [-0.2, 0) is 0 Å². The number of carbonyl (C=O) groups is 1. The summed E-state index contributed by atoms with van der Waals surface area (Å²) in [7, 11) is 1.90. The second-order valence-corrected chi connectivity index (χ2v) is 6.48. The van der Waals surface area contributed by atoms with E-state index in [1.54, 1.807) is 23.2 Å². The first-order chi connectivity index (χ1) is 12.1. The van der Waals surface area contributed by atoms with Crippen LogP contribution >= 0.6 is 0 Å². The van der Waals surface area contributed by atoms with Crippen LogP contribution in [0, 0.1) is 0 Å². The third-order valence-corrected chi connectivity index (χ3v) is 4.73. The molecule has 1 aromatic rings. The van der Waals surface area contributed by atoms with E-state index in [2.05, 4.69) is 23.4 Å². The van der Waals surface area contributed by atoms with E-state index in [1.165, 1.54) is 6.42 Å². The molecule has 2 heterocycles. The highest BCUT2D eigenvalue weighted by Gasteiger charge is 2.25. The Bertz CT molecular complexity index is 636. The molecule has 0 bridgehead atoms. The third kappa shape index (κ3) is 4.92. The van der Waals surface area contributed by atoms with E-state index in [-0.39, 0.29) is 6.03 Å². The molecular formula is C20H30N4O. The lowest BCUT2D eigenvalue weighted by atomic mass is 10.0. The van der Waals surface area contributed by atoms with Gasteiger partial charge in [0.05, 0.1) is 5.69 Å². The van der Waals surface area contributed by atoms with Gasteiger partial charge in [0.1, 0.15) is 6.33 Å². The number of rotatable bonds is 6. The van der Waals surface area contributed by atoms with E-state index in [0.717, 1.165) is 43.7 Å². The Balaban J connectivity index is 2.02. The zero-order valence-corrected chi connectivity index (χ0v) is 15.7. The van der Waals surface area contributed by atoms with E-state index in [4.69, 9.17) is 0 Å². The van der Waals surface area contributed by atoms with Gasteiger partial charge in [-0.15, -0.1) is 0 Å². The number of likely N-dealkylation sites (tertiary alicyclic amines) is 1. The summed E-state index contributed by atoms with van der Waals surface area (Å²) in [6, 6.07) is 0.269. The maximum Gasteiger partial charge on any atom is 0.329 e. The van der Waals surface area contributed by atoms with Crippen molar-refractivity contribution in [3.05, 3.63) is 49.1 Å². The van der Waals surface area contributed by atoms with E-state index in [1.807, 2.05) is 37.1 Å². The summed E-state index contributed by atoms with van der Waals surface area (Å²) in [5, 5.41) is 0. The van der Waals surface area contributed by atoms with Crippen molar-refractivity contribution in [3.63, 3.8) is 0 Å². The fourth-order valence-electron chi connectivity index (χ4n) is 3.22. The molecule has 5 nitrogen and oxygen atoms in total. The number of nitrogens with zero attached hydrogens (tertiary/aromatic N) is 4. The normalized spacial score (nSPS) is 17.2. The molecule has 2 rings (SSSR count). The molecule has 136 valence electrons. The Labute approximate surface area is 151 Å². The highest BCUT2D eigenvalue weighted by atomic mass is 16.2. The largest absolute Gasteiger partial charge is 0.329 e. The van der Waals surface area contributed by atoms with Gasteiger partial charge in [-0.1, -0.05) is 37.8 Å². The molecule has 1 saturated heterocycles. The van der Waals surface area contributed by atoms with Crippen molar-refractivity contribution in [1.29, 1.82) is 0 Å². The van der Waals surface area contributed by atoms with Crippen molar-refractivity contribution in [2.24, 2.45) is 0 Å². The smallest absolute Gasteiger partial charge is 0.324 e. The quantitative estimate of drug-likeness (QED) is 0.738. The average molecular weight is 342 g/mol. The van der Waals surface area contributed by atoms with Crippen LogP contribution in [0.15, 0.2) is 43.4 Å². The number of imidazole rings is 1. The number of hydrogen-bond donors (Lipinski definition) is 0. The zero-order chi connectivity index (χ0) is 18.2. The van der Waals surface area contributed by atoms with Crippen LogP contribution < -0.4 is 0 Å². The van der Waals surface area contributed by atoms with Gasteiger partial charge in [-0.2, -0.15) is 0 Å². The summed E-state index contributed by atoms with van der Waals surface area (Å²) in [6.07, 6.45) is 14.2. The number of aromatic nitrogens is 2. The SMILES string of the molecule is C=C/C(=C\C=C/C)c1cn(C(=O)N(C)C2CCN(CCC)CC2)cn1. The van der Waals surface area contributed by atoms with Gasteiger partial charge in [-0.25, -0.2) is 9.78 Å². The second kappa shape index (κ2) is 9.37. The molecule has 0 N–H and O–H groups in total.